The van der Waals surface area contributed by atoms with Crippen LogP contribution in [-0.2, 0) is 0 Å². The van der Waals surface area contributed by atoms with E-state index < -0.39 is 0 Å². The highest BCUT2D eigenvalue weighted by Gasteiger charge is 2.29. The largest absolute Gasteiger partial charge is 0.367 e. The minimum Gasteiger partial charge on any atom is -0.367 e. The lowest BCUT2D eigenvalue weighted by Crippen LogP contribution is -2.38. The van der Waals surface area contributed by atoms with E-state index in [1.54, 1.807) is 0 Å². The average molecular weight is 190 g/mol. The van der Waals surface area contributed by atoms with Gasteiger partial charge in [-0.05, 0) is 25.0 Å². The molecule has 0 bridgehead atoms. The first-order valence-corrected chi connectivity index (χ1v) is 5.40. The van der Waals surface area contributed by atoms with Gasteiger partial charge in [-0.3, -0.25) is 0 Å². The molecular formula is C12H18N2. The molecule has 2 heteroatoms. The Kier molecular flexibility index (Phi) is 2.73. The van der Waals surface area contributed by atoms with Gasteiger partial charge >= 0.3 is 0 Å². The van der Waals surface area contributed by atoms with Crippen LogP contribution in [0.2, 0.25) is 0 Å². The minimum absolute atomic E-state index is 0.347. The van der Waals surface area contributed by atoms with Crippen molar-refractivity contribution in [3.63, 3.8) is 0 Å². The Morgan fingerprint density at radius 3 is 2.71 bits per heavy atom. The number of rotatable bonds is 2. The van der Waals surface area contributed by atoms with Crippen molar-refractivity contribution in [1.29, 1.82) is 0 Å². The number of hydrogen-bond acceptors (Lipinski definition) is 2. The van der Waals surface area contributed by atoms with Crippen molar-refractivity contribution in [3.05, 3.63) is 30.3 Å². The van der Waals surface area contributed by atoms with Gasteiger partial charge in [-0.1, -0.05) is 25.1 Å². The third kappa shape index (κ3) is 1.62. The highest BCUT2D eigenvalue weighted by atomic mass is 15.2. The van der Waals surface area contributed by atoms with Crippen LogP contribution in [0.4, 0.5) is 5.69 Å². The predicted octanol–water partition coefficient (Wildman–Crippen LogP) is 2.00. The summed E-state index contributed by atoms with van der Waals surface area (Å²) in [5, 5.41) is 0. The van der Waals surface area contributed by atoms with Gasteiger partial charge in [-0.15, -0.1) is 0 Å². The Labute approximate surface area is 85.7 Å². The molecule has 1 aliphatic heterocycles. The first kappa shape index (κ1) is 9.53. The molecule has 1 saturated heterocycles. The summed E-state index contributed by atoms with van der Waals surface area (Å²) >= 11 is 0. The van der Waals surface area contributed by atoms with Crippen LogP contribution < -0.4 is 10.6 Å². The van der Waals surface area contributed by atoms with Crippen molar-refractivity contribution in [2.75, 3.05) is 11.4 Å². The monoisotopic (exact) mass is 190 g/mol. The second-order valence-corrected chi connectivity index (χ2v) is 3.96. The molecule has 0 amide bonds. The molecule has 0 spiro atoms. The molecule has 14 heavy (non-hydrogen) atoms. The van der Waals surface area contributed by atoms with Gasteiger partial charge in [0.05, 0.1) is 0 Å². The Bertz CT molecular complexity index is 284. The first-order chi connectivity index (χ1) is 6.83. The summed E-state index contributed by atoms with van der Waals surface area (Å²) in [5.41, 5.74) is 7.39. The molecule has 2 N–H and O–H groups in total. The van der Waals surface area contributed by atoms with Crippen LogP contribution >= 0.6 is 0 Å². The molecular weight excluding hydrogens is 172 g/mol. The summed E-state index contributed by atoms with van der Waals surface area (Å²) in [6.07, 6.45) is 2.25. The highest BCUT2D eigenvalue weighted by molar-refractivity contribution is 5.48. The fourth-order valence-corrected chi connectivity index (χ4v) is 2.34. The predicted molar refractivity (Wildman–Crippen MR) is 60.5 cm³/mol. The maximum absolute atomic E-state index is 6.08. The molecule has 1 heterocycles. The molecule has 1 fully saturated rings. The normalized spacial score (nSPS) is 26.9. The van der Waals surface area contributed by atoms with Gasteiger partial charge in [-0.25, -0.2) is 0 Å². The van der Waals surface area contributed by atoms with Crippen molar-refractivity contribution in [2.45, 2.75) is 31.8 Å². The van der Waals surface area contributed by atoms with E-state index in [9.17, 15) is 0 Å². The Hall–Kier alpha value is -1.02. The average Bonchev–Trinajstić information content (AvgIpc) is 2.61. The summed E-state index contributed by atoms with van der Waals surface area (Å²) in [5.74, 6) is 0. The fourth-order valence-electron chi connectivity index (χ4n) is 2.34. The number of nitrogens with two attached hydrogens (primary N) is 1. The molecule has 0 saturated carbocycles. The van der Waals surface area contributed by atoms with E-state index in [1.807, 2.05) is 0 Å². The number of nitrogens with zero attached hydrogens (tertiary/aromatic N) is 1. The lowest BCUT2D eigenvalue weighted by Gasteiger charge is -2.27. The van der Waals surface area contributed by atoms with Crippen LogP contribution in [-0.4, -0.2) is 18.6 Å². The van der Waals surface area contributed by atoms with Crippen LogP contribution in [0.25, 0.3) is 0 Å². The number of benzene rings is 1. The molecule has 2 rings (SSSR count). The first-order valence-electron chi connectivity index (χ1n) is 5.40. The lowest BCUT2D eigenvalue weighted by molar-refractivity contribution is 0.565. The van der Waals surface area contributed by atoms with Crippen LogP contribution in [0, 0.1) is 0 Å². The molecule has 1 aliphatic rings. The molecule has 2 atom stereocenters. The number of hydrogen-bond donors (Lipinski definition) is 1. The second kappa shape index (κ2) is 4.01. The van der Waals surface area contributed by atoms with E-state index in [0.29, 0.717) is 12.1 Å². The lowest BCUT2D eigenvalue weighted by atomic mass is 10.1. The van der Waals surface area contributed by atoms with Gasteiger partial charge < -0.3 is 10.6 Å². The molecule has 0 aliphatic carbocycles. The maximum Gasteiger partial charge on any atom is 0.0439 e. The highest BCUT2D eigenvalue weighted by Crippen LogP contribution is 2.26. The number of anilines is 1. The third-order valence-corrected chi connectivity index (χ3v) is 3.10. The van der Waals surface area contributed by atoms with Crippen molar-refractivity contribution in [3.8, 4) is 0 Å². The van der Waals surface area contributed by atoms with Crippen LogP contribution in [0.3, 0.4) is 0 Å². The molecule has 2 nitrogen and oxygen atoms in total. The zero-order chi connectivity index (χ0) is 9.97. The van der Waals surface area contributed by atoms with Gasteiger partial charge in [0, 0.05) is 24.3 Å². The van der Waals surface area contributed by atoms with Crippen LogP contribution in [0.5, 0.6) is 0 Å². The van der Waals surface area contributed by atoms with Crippen molar-refractivity contribution >= 4 is 5.69 Å². The van der Waals surface area contributed by atoms with Gasteiger partial charge in [0.1, 0.15) is 0 Å². The summed E-state index contributed by atoms with van der Waals surface area (Å²) in [6, 6.07) is 11.4. The zero-order valence-electron chi connectivity index (χ0n) is 8.69. The maximum atomic E-state index is 6.08. The van der Waals surface area contributed by atoms with Gasteiger partial charge in [0.2, 0.25) is 0 Å². The Morgan fingerprint density at radius 1 is 1.36 bits per heavy atom. The molecule has 1 aromatic carbocycles. The molecule has 1 unspecified atom stereocenters. The molecule has 1 aromatic rings. The van der Waals surface area contributed by atoms with E-state index >= 15 is 0 Å². The quantitative estimate of drug-likeness (QED) is 0.773. The smallest absolute Gasteiger partial charge is 0.0439 e. The van der Waals surface area contributed by atoms with Gasteiger partial charge in [0.15, 0.2) is 0 Å². The van der Waals surface area contributed by atoms with E-state index in [0.717, 1.165) is 19.4 Å². The number of para-hydroxylation sites is 1. The Morgan fingerprint density at radius 2 is 2.07 bits per heavy atom. The zero-order valence-corrected chi connectivity index (χ0v) is 8.69. The standard InChI is InChI=1S/C12H18N2/c1-2-12-11(13)8-9-14(12)10-6-4-3-5-7-10/h3-7,11-12H,2,8-9,13H2,1H3/t11-,12?/m0/s1. The molecule has 76 valence electrons. The molecule has 0 radical (unpaired) electrons. The van der Waals surface area contributed by atoms with Gasteiger partial charge in [0.25, 0.3) is 0 Å². The van der Waals surface area contributed by atoms with E-state index in [1.165, 1.54) is 5.69 Å². The summed E-state index contributed by atoms with van der Waals surface area (Å²) in [6.45, 7) is 3.31. The second-order valence-electron chi connectivity index (χ2n) is 3.96. The fraction of sp³-hybridized carbons (Fsp3) is 0.500. The summed E-state index contributed by atoms with van der Waals surface area (Å²) in [4.78, 5) is 2.44. The van der Waals surface area contributed by atoms with Gasteiger partial charge in [-0.2, -0.15) is 0 Å². The van der Waals surface area contributed by atoms with Crippen LogP contribution in [0.15, 0.2) is 30.3 Å². The summed E-state index contributed by atoms with van der Waals surface area (Å²) < 4.78 is 0. The van der Waals surface area contributed by atoms with Crippen molar-refractivity contribution in [1.82, 2.24) is 0 Å². The molecule has 0 aromatic heterocycles. The van der Waals surface area contributed by atoms with E-state index in [4.69, 9.17) is 5.73 Å². The summed E-state index contributed by atoms with van der Waals surface area (Å²) in [7, 11) is 0. The van der Waals surface area contributed by atoms with Crippen molar-refractivity contribution in [2.24, 2.45) is 5.73 Å². The minimum atomic E-state index is 0.347. The van der Waals surface area contributed by atoms with E-state index in [-0.39, 0.29) is 0 Å². The SMILES string of the molecule is CCC1[C@@H](N)CCN1c1ccccc1. The Balaban J connectivity index is 2.19. The third-order valence-electron chi connectivity index (χ3n) is 3.10. The van der Waals surface area contributed by atoms with Crippen molar-refractivity contribution < 1.29 is 0 Å². The van der Waals surface area contributed by atoms with E-state index in [2.05, 4.69) is 42.2 Å². The topological polar surface area (TPSA) is 29.3 Å². The van der Waals surface area contributed by atoms with Crippen LogP contribution in [0.1, 0.15) is 19.8 Å².